The quantitative estimate of drug-likeness (QED) is 0.695. The lowest BCUT2D eigenvalue weighted by Gasteiger charge is -2.27. The molecule has 1 fully saturated rings. The van der Waals surface area contributed by atoms with Gasteiger partial charge in [-0.2, -0.15) is 0 Å². The normalized spacial score (nSPS) is 13.9. The Kier molecular flexibility index (Phi) is 5.87. The highest BCUT2D eigenvalue weighted by molar-refractivity contribution is 7.17. The van der Waals surface area contributed by atoms with Crippen molar-refractivity contribution >= 4 is 28.8 Å². The summed E-state index contributed by atoms with van der Waals surface area (Å²) in [5.74, 6) is -0.287. The fraction of sp³-hybridized carbons (Fsp3) is 0.273. The number of aryl methyl sites for hydroxylation is 1. The Morgan fingerprint density at radius 1 is 1.10 bits per heavy atom. The molecule has 4 rings (SSSR count). The molecule has 8 heteroatoms. The molecule has 0 saturated carbocycles. The van der Waals surface area contributed by atoms with Gasteiger partial charge in [-0.05, 0) is 43.7 Å². The molecule has 154 valence electrons. The van der Waals surface area contributed by atoms with Gasteiger partial charge in [-0.1, -0.05) is 12.1 Å². The van der Waals surface area contributed by atoms with Gasteiger partial charge in [-0.3, -0.25) is 14.6 Å². The van der Waals surface area contributed by atoms with Crippen LogP contribution in [-0.4, -0.2) is 53.0 Å². The molecule has 1 aliphatic heterocycles. The fourth-order valence-corrected chi connectivity index (χ4v) is 4.26. The van der Waals surface area contributed by atoms with Crippen molar-refractivity contribution < 1.29 is 14.3 Å². The Balaban J connectivity index is 1.55. The van der Waals surface area contributed by atoms with Gasteiger partial charge in [0.05, 0.1) is 24.6 Å². The first kappa shape index (κ1) is 20.2. The number of benzene rings is 1. The van der Waals surface area contributed by atoms with Crippen molar-refractivity contribution in [1.29, 1.82) is 0 Å². The highest BCUT2D eigenvalue weighted by atomic mass is 32.1. The van der Waals surface area contributed by atoms with Crippen LogP contribution in [0.5, 0.6) is 0 Å². The Labute approximate surface area is 178 Å². The average Bonchev–Trinajstić information content (AvgIpc) is 3.18. The maximum atomic E-state index is 12.9. The van der Waals surface area contributed by atoms with Crippen molar-refractivity contribution in [3.05, 3.63) is 64.3 Å². The number of morpholine rings is 1. The molecule has 0 atom stereocenters. The van der Waals surface area contributed by atoms with Gasteiger partial charge in [0.1, 0.15) is 9.88 Å². The Morgan fingerprint density at radius 2 is 1.90 bits per heavy atom. The summed E-state index contributed by atoms with van der Waals surface area (Å²) in [7, 11) is 0. The minimum absolute atomic E-state index is 0.0432. The maximum Gasteiger partial charge on any atom is 0.267 e. The number of anilines is 1. The van der Waals surface area contributed by atoms with Crippen molar-refractivity contribution in [2.75, 3.05) is 31.6 Å². The van der Waals surface area contributed by atoms with Gasteiger partial charge >= 0.3 is 0 Å². The lowest BCUT2D eigenvalue weighted by molar-refractivity contribution is 0.0302. The van der Waals surface area contributed by atoms with Crippen LogP contribution in [0.15, 0.2) is 42.6 Å². The molecule has 1 saturated heterocycles. The summed E-state index contributed by atoms with van der Waals surface area (Å²) in [6, 6.07) is 11.0. The standard InChI is InChI=1S/C22H22N4O3S/c1-14-16(22(28)26-10-12-29-13-11-26)6-5-8-17(14)25-20(27)19-15(2)24-21(30-19)18-7-3-4-9-23-18/h3-9H,10-13H2,1-2H3,(H,25,27). The smallest absolute Gasteiger partial charge is 0.267 e. The minimum atomic E-state index is -0.244. The van der Waals surface area contributed by atoms with E-state index >= 15 is 0 Å². The third kappa shape index (κ3) is 4.10. The van der Waals surface area contributed by atoms with E-state index in [2.05, 4.69) is 15.3 Å². The lowest BCUT2D eigenvalue weighted by atomic mass is 10.0. The van der Waals surface area contributed by atoms with Crippen LogP contribution in [-0.2, 0) is 4.74 Å². The number of carbonyl (C=O) groups is 2. The van der Waals surface area contributed by atoms with Crippen molar-refractivity contribution in [3.63, 3.8) is 0 Å². The summed E-state index contributed by atoms with van der Waals surface area (Å²) in [6.45, 7) is 5.90. The zero-order valence-electron chi connectivity index (χ0n) is 16.8. The number of ether oxygens (including phenoxy) is 1. The number of hydrogen-bond donors (Lipinski definition) is 1. The van der Waals surface area contributed by atoms with E-state index in [9.17, 15) is 9.59 Å². The van der Waals surface area contributed by atoms with Crippen LogP contribution in [0.4, 0.5) is 5.69 Å². The van der Waals surface area contributed by atoms with Crippen LogP contribution in [0.2, 0.25) is 0 Å². The van der Waals surface area contributed by atoms with Crippen molar-refractivity contribution in [1.82, 2.24) is 14.9 Å². The number of carbonyl (C=O) groups excluding carboxylic acids is 2. The molecule has 0 aliphatic carbocycles. The Morgan fingerprint density at radius 3 is 2.63 bits per heavy atom. The lowest BCUT2D eigenvalue weighted by Crippen LogP contribution is -2.41. The van der Waals surface area contributed by atoms with E-state index in [1.54, 1.807) is 29.3 Å². The summed E-state index contributed by atoms with van der Waals surface area (Å²) in [5, 5.41) is 3.65. The van der Waals surface area contributed by atoms with E-state index < -0.39 is 0 Å². The molecule has 2 aromatic heterocycles. The third-order valence-corrected chi connectivity index (χ3v) is 6.18. The molecular formula is C22H22N4O3S. The van der Waals surface area contributed by atoms with E-state index in [0.29, 0.717) is 53.1 Å². The van der Waals surface area contributed by atoms with Crippen LogP contribution in [0, 0.1) is 13.8 Å². The number of rotatable bonds is 4. The first-order chi connectivity index (χ1) is 14.5. The van der Waals surface area contributed by atoms with Gasteiger partial charge in [-0.25, -0.2) is 4.98 Å². The second-order valence-electron chi connectivity index (χ2n) is 6.99. The molecule has 0 spiro atoms. The molecule has 3 aromatic rings. The predicted octanol–water partition coefficient (Wildman–Crippen LogP) is 3.55. The van der Waals surface area contributed by atoms with E-state index in [1.807, 2.05) is 32.0 Å². The SMILES string of the molecule is Cc1nc(-c2ccccn2)sc1C(=O)Nc1cccc(C(=O)N2CCOCC2)c1C. The van der Waals surface area contributed by atoms with Gasteiger partial charge in [0.15, 0.2) is 0 Å². The van der Waals surface area contributed by atoms with Crippen LogP contribution in [0.1, 0.15) is 31.3 Å². The number of thiazole rings is 1. The van der Waals surface area contributed by atoms with E-state index in [4.69, 9.17) is 4.74 Å². The minimum Gasteiger partial charge on any atom is -0.378 e. The Hall–Kier alpha value is -3.10. The van der Waals surface area contributed by atoms with Gasteiger partial charge in [-0.15, -0.1) is 11.3 Å². The average molecular weight is 423 g/mol. The van der Waals surface area contributed by atoms with E-state index in [0.717, 1.165) is 11.3 Å². The summed E-state index contributed by atoms with van der Waals surface area (Å²) >= 11 is 1.30. The second-order valence-corrected chi connectivity index (χ2v) is 7.98. The second kappa shape index (κ2) is 8.73. The largest absolute Gasteiger partial charge is 0.378 e. The first-order valence-electron chi connectivity index (χ1n) is 9.71. The molecule has 0 radical (unpaired) electrons. The van der Waals surface area contributed by atoms with Crippen molar-refractivity contribution in [2.45, 2.75) is 13.8 Å². The van der Waals surface area contributed by atoms with Gasteiger partial charge in [0.25, 0.3) is 11.8 Å². The Bertz CT molecular complexity index is 1080. The number of hydrogen-bond acceptors (Lipinski definition) is 6. The zero-order chi connectivity index (χ0) is 21.1. The van der Waals surface area contributed by atoms with Crippen LogP contribution in [0.25, 0.3) is 10.7 Å². The molecule has 1 aromatic carbocycles. The number of pyridine rings is 1. The topological polar surface area (TPSA) is 84.4 Å². The summed E-state index contributed by atoms with van der Waals surface area (Å²) < 4.78 is 5.33. The van der Waals surface area contributed by atoms with Gasteiger partial charge in [0.2, 0.25) is 0 Å². The third-order valence-electron chi connectivity index (χ3n) is 5.00. The highest BCUT2D eigenvalue weighted by Crippen LogP contribution is 2.28. The molecule has 0 bridgehead atoms. The highest BCUT2D eigenvalue weighted by Gasteiger charge is 2.22. The molecular weight excluding hydrogens is 400 g/mol. The first-order valence-corrected chi connectivity index (χ1v) is 10.5. The van der Waals surface area contributed by atoms with Crippen LogP contribution >= 0.6 is 11.3 Å². The summed E-state index contributed by atoms with van der Waals surface area (Å²) in [6.07, 6.45) is 1.70. The number of aromatic nitrogens is 2. The monoisotopic (exact) mass is 422 g/mol. The van der Waals surface area contributed by atoms with Crippen molar-refractivity contribution in [3.8, 4) is 10.7 Å². The zero-order valence-corrected chi connectivity index (χ0v) is 17.7. The van der Waals surface area contributed by atoms with Gasteiger partial charge < -0.3 is 15.0 Å². The van der Waals surface area contributed by atoms with E-state index in [1.165, 1.54) is 11.3 Å². The summed E-state index contributed by atoms with van der Waals surface area (Å²) in [4.78, 5) is 36.9. The van der Waals surface area contributed by atoms with E-state index in [-0.39, 0.29) is 11.8 Å². The van der Waals surface area contributed by atoms with Crippen molar-refractivity contribution in [2.24, 2.45) is 0 Å². The maximum absolute atomic E-state index is 12.9. The molecule has 7 nitrogen and oxygen atoms in total. The van der Waals surface area contributed by atoms with Crippen LogP contribution < -0.4 is 5.32 Å². The number of nitrogens with zero attached hydrogens (tertiary/aromatic N) is 3. The molecule has 2 amide bonds. The molecule has 3 heterocycles. The molecule has 0 unspecified atom stereocenters. The molecule has 1 aliphatic rings. The molecule has 30 heavy (non-hydrogen) atoms. The number of nitrogens with one attached hydrogen (secondary N) is 1. The van der Waals surface area contributed by atoms with Crippen LogP contribution in [0.3, 0.4) is 0 Å². The van der Waals surface area contributed by atoms with Gasteiger partial charge in [0, 0.05) is 30.5 Å². The summed E-state index contributed by atoms with van der Waals surface area (Å²) in [5.41, 5.74) is 3.33. The molecule has 1 N–H and O–H groups in total. The number of amides is 2. The fourth-order valence-electron chi connectivity index (χ4n) is 3.32. The predicted molar refractivity (Wildman–Crippen MR) is 116 cm³/mol.